The number of anilines is 1. The number of hydrogen-bond donors (Lipinski definition) is 1. The van der Waals surface area contributed by atoms with Gasteiger partial charge in [0.2, 0.25) is 5.89 Å². The van der Waals surface area contributed by atoms with Crippen LogP contribution in [-0.4, -0.2) is 44.9 Å². The lowest BCUT2D eigenvalue weighted by molar-refractivity contribution is 0.102. The quantitative estimate of drug-likeness (QED) is 0.593. The van der Waals surface area contributed by atoms with E-state index in [-0.39, 0.29) is 39.4 Å². The van der Waals surface area contributed by atoms with Crippen LogP contribution in [0.15, 0.2) is 68.8 Å². The Balaban J connectivity index is 1.69. The van der Waals surface area contributed by atoms with Gasteiger partial charge >= 0.3 is 6.01 Å². The Hall–Kier alpha value is -3.05. The van der Waals surface area contributed by atoms with Gasteiger partial charge in [-0.25, -0.2) is 16.8 Å². The second-order valence-corrected chi connectivity index (χ2v) is 10.2. The minimum absolute atomic E-state index is 0.0243. The lowest BCUT2D eigenvalue weighted by Crippen LogP contribution is -2.16. The van der Waals surface area contributed by atoms with Crippen LogP contribution in [0.2, 0.25) is 0 Å². The van der Waals surface area contributed by atoms with Gasteiger partial charge in [-0.1, -0.05) is 35.4 Å². The molecular formula is C18H17N3O6S2. The number of nitrogens with zero attached hydrogens (tertiary/aromatic N) is 2. The van der Waals surface area contributed by atoms with Crippen molar-refractivity contribution in [2.24, 2.45) is 0 Å². The largest absolute Gasteiger partial charge is 0.408 e. The highest BCUT2D eigenvalue weighted by Crippen LogP contribution is 2.18. The third-order valence-corrected chi connectivity index (χ3v) is 6.79. The van der Waals surface area contributed by atoms with E-state index < -0.39 is 25.6 Å². The number of nitrogens with one attached hydrogen (secondary N) is 1. The van der Waals surface area contributed by atoms with E-state index in [1.54, 1.807) is 18.2 Å². The van der Waals surface area contributed by atoms with Crippen molar-refractivity contribution in [2.45, 2.75) is 16.2 Å². The molecule has 0 aliphatic rings. The molecule has 0 saturated carbocycles. The van der Waals surface area contributed by atoms with E-state index in [2.05, 4.69) is 15.5 Å². The predicted molar refractivity (Wildman–Crippen MR) is 104 cm³/mol. The number of benzene rings is 2. The molecule has 2 aromatic carbocycles. The fraction of sp³-hybridized carbons (Fsp3) is 0.167. The van der Waals surface area contributed by atoms with Gasteiger partial charge in [-0.15, -0.1) is 5.10 Å². The molecule has 152 valence electrons. The van der Waals surface area contributed by atoms with E-state index in [4.69, 9.17) is 4.42 Å². The highest BCUT2D eigenvalue weighted by Gasteiger charge is 2.21. The third-order valence-electron chi connectivity index (χ3n) is 3.91. The fourth-order valence-electron chi connectivity index (χ4n) is 2.51. The summed E-state index contributed by atoms with van der Waals surface area (Å²) in [5.74, 6) is -0.960. The molecule has 0 saturated heterocycles. The lowest BCUT2D eigenvalue weighted by atomic mass is 10.2. The first-order chi connectivity index (χ1) is 13.7. The van der Waals surface area contributed by atoms with Crippen molar-refractivity contribution in [3.63, 3.8) is 0 Å². The van der Waals surface area contributed by atoms with Gasteiger partial charge in [0.1, 0.15) is 0 Å². The van der Waals surface area contributed by atoms with Gasteiger partial charge in [-0.2, -0.15) is 0 Å². The molecule has 0 unspecified atom stereocenters. The van der Waals surface area contributed by atoms with E-state index in [0.717, 1.165) is 6.26 Å². The van der Waals surface area contributed by atoms with Gasteiger partial charge in [0, 0.05) is 12.7 Å². The summed E-state index contributed by atoms with van der Waals surface area (Å²) in [6.07, 6.45) is 0.955. The molecule has 0 bridgehead atoms. The van der Waals surface area contributed by atoms with Crippen LogP contribution >= 0.6 is 0 Å². The zero-order chi connectivity index (χ0) is 21.1. The average molecular weight is 435 g/mol. The van der Waals surface area contributed by atoms with E-state index in [1.165, 1.54) is 36.4 Å². The topological polar surface area (TPSA) is 136 Å². The molecule has 3 rings (SSSR count). The Morgan fingerprint density at radius 3 is 2.31 bits per heavy atom. The first-order valence-corrected chi connectivity index (χ1v) is 11.9. The number of amides is 1. The van der Waals surface area contributed by atoms with Crippen molar-refractivity contribution < 1.29 is 26.0 Å². The highest BCUT2D eigenvalue weighted by atomic mass is 32.2. The highest BCUT2D eigenvalue weighted by molar-refractivity contribution is 7.91. The molecule has 1 N–H and O–H groups in total. The van der Waals surface area contributed by atoms with E-state index in [0.29, 0.717) is 0 Å². The monoisotopic (exact) mass is 435 g/mol. The Labute approximate surface area is 167 Å². The Kier molecular flexibility index (Phi) is 5.80. The fourth-order valence-corrected chi connectivity index (χ4v) is 4.65. The van der Waals surface area contributed by atoms with Crippen molar-refractivity contribution in [3.05, 3.63) is 66.1 Å². The molecule has 0 aliphatic carbocycles. The second kappa shape index (κ2) is 8.13. The van der Waals surface area contributed by atoms with Crippen molar-refractivity contribution in [2.75, 3.05) is 17.3 Å². The first-order valence-electron chi connectivity index (χ1n) is 8.37. The van der Waals surface area contributed by atoms with Gasteiger partial charge in [0.05, 0.1) is 21.1 Å². The molecule has 11 heteroatoms. The van der Waals surface area contributed by atoms with E-state index in [9.17, 15) is 21.6 Å². The zero-order valence-corrected chi connectivity index (χ0v) is 16.9. The maximum Gasteiger partial charge on any atom is 0.322 e. The van der Waals surface area contributed by atoms with Gasteiger partial charge < -0.3 is 4.42 Å². The molecule has 0 fully saturated rings. The number of carbonyl (C=O) groups excluding carboxylic acids is 1. The predicted octanol–water partition coefficient (Wildman–Crippen LogP) is 1.74. The molecule has 1 amide bonds. The van der Waals surface area contributed by atoms with Gasteiger partial charge in [0.25, 0.3) is 5.91 Å². The molecule has 1 heterocycles. The molecular weight excluding hydrogens is 418 g/mol. The summed E-state index contributed by atoms with van der Waals surface area (Å²) >= 11 is 0. The SMILES string of the molecule is CS(=O)(=O)c1ccccc1C(=O)Nc1nnc(CCS(=O)(=O)c2ccccc2)o1. The molecule has 0 atom stereocenters. The lowest BCUT2D eigenvalue weighted by Gasteiger charge is -2.06. The molecule has 0 radical (unpaired) electrons. The first kappa shape index (κ1) is 20.7. The van der Waals surface area contributed by atoms with Crippen LogP contribution < -0.4 is 5.32 Å². The standard InChI is InChI=1S/C18H17N3O6S2/c1-28(23,24)15-10-6-5-9-14(15)17(22)19-18-21-20-16(27-18)11-12-29(25,26)13-7-3-2-4-8-13/h2-10H,11-12H2,1H3,(H,19,21,22). The Bertz CT molecular complexity index is 1240. The minimum atomic E-state index is -3.61. The second-order valence-electron chi connectivity index (χ2n) is 6.11. The molecule has 0 spiro atoms. The van der Waals surface area contributed by atoms with Crippen molar-refractivity contribution in [1.82, 2.24) is 10.2 Å². The van der Waals surface area contributed by atoms with Crippen LogP contribution in [0.4, 0.5) is 6.01 Å². The Morgan fingerprint density at radius 2 is 1.62 bits per heavy atom. The van der Waals surface area contributed by atoms with Crippen molar-refractivity contribution >= 4 is 31.6 Å². The number of hydrogen-bond acceptors (Lipinski definition) is 8. The maximum atomic E-state index is 12.4. The van der Waals surface area contributed by atoms with Gasteiger partial charge in [-0.3, -0.25) is 10.1 Å². The normalized spacial score (nSPS) is 11.9. The van der Waals surface area contributed by atoms with Gasteiger partial charge in [0.15, 0.2) is 19.7 Å². The van der Waals surface area contributed by atoms with Crippen molar-refractivity contribution in [1.29, 1.82) is 0 Å². The zero-order valence-electron chi connectivity index (χ0n) is 15.3. The number of aromatic nitrogens is 2. The van der Waals surface area contributed by atoms with E-state index >= 15 is 0 Å². The third kappa shape index (κ3) is 5.06. The van der Waals surface area contributed by atoms with Crippen LogP contribution in [0.3, 0.4) is 0 Å². The number of aryl methyl sites for hydroxylation is 1. The summed E-state index contributed by atoms with van der Waals surface area (Å²) in [6, 6.07) is 13.4. The minimum Gasteiger partial charge on any atom is -0.408 e. The summed E-state index contributed by atoms with van der Waals surface area (Å²) in [6.45, 7) is 0. The van der Waals surface area contributed by atoms with Crippen LogP contribution in [0.5, 0.6) is 0 Å². The molecule has 29 heavy (non-hydrogen) atoms. The average Bonchev–Trinajstić information content (AvgIpc) is 3.14. The van der Waals surface area contributed by atoms with Gasteiger partial charge in [-0.05, 0) is 24.3 Å². The summed E-state index contributed by atoms with van der Waals surface area (Å²) in [5, 5.41) is 9.70. The molecule has 1 aromatic heterocycles. The van der Waals surface area contributed by atoms with Crippen LogP contribution in [-0.2, 0) is 26.1 Å². The van der Waals surface area contributed by atoms with Crippen molar-refractivity contribution in [3.8, 4) is 0 Å². The summed E-state index contributed by atoms with van der Waals surface area (Å²) in [5.41, 5.74) is -0.0681. The summed E-state index contributed by atoms with van der Waals surface area (Å²) in [7, 11) is -7.13. The summed E-state index contributed by atoms with van der Waals surface area (Å²) < 4.78 is 53.5. The van der Waals surface area contributed by atoms with Crippen LogP contribution in [0.25, 0.3) is 0 Å². The molecule has 9 nitrogen and oxygen atoms in total. The maximum absolute atomic E-state index is 12.4. The number of rotatable bonds is 7. The molecule has 3 aromatic rings. The van der Waals surface area contributed by atoms with Crippen LogP contribution in [0.1, 0.15) is 16.2 Å². The smallest absolute Gasteiger partial charge is 0.322 e. The Morgan fingerprint density at radius 1 is 0.966 bits per heavy atom. The summed E-state index contributed by atoms with van der Waals surface area (Å²) in [4.78, 5) is 12.4. The number of carbonyl (C=O) groups is 1. The van der Waals surface area contributed by atoms with E-state index in [1.807, 2.05) is 0 Å². The molecule has 0 aliphatic heterocycles. The number of sulfone groups is 2. The van der Waals surface area contributed by atoms with Crippen LogP contribution in [0, 0.1) is 0 Å².